The molecule has 0 saturated carbocycles. The van der Waals surface area contributed by atoms with E-state index < -0.39 is 5.97 Å². The van der Waals surface area contributed by atoms with Crippen LogP contribution in [-0.4, -0.2) is 20.2 Å². The summed E-state index contributed by atoms with van der Waals surface area (Å²) in [5.74, 6) is -0.942. The van der Waals surface area contributed by atoms with Crippen LogP contribution in [0.15, 0.2) is 65.6 Å². The number of carboxylic acid groups (broad SMARTS) is 1. The summed E-state index contributed by atoms with van der Waals surface area (Å²) < 4.78 is 3.61. The van der Waals surface area contributed by atoms with E-state index in [1.807, 2.05) is 53.2 Å². The molecule has 0 unspecified atom stereocenters. The van der Waals surface area contributed by atoms with Crippen LogP contribution in [-0.2, 0) is 13.1 Å². The topological polar surface area (TPSA) is 64.2 Å². The number of hydrogen-bond acceptors (Lipinski definition) is 2. The SMILES string of the molecule is CC/C=C/c1cn(CCCCC)c(=O)n1Cc1ccc(-c2ccccc2C(=O)O)cc1. The molecule has 0 bridgehead atoms. The third kappa shape index (κ3) is 5.43. The Morgan fingerprint density at radius 1 is 1.03 bits per heavy atom. The van der Waals surface area contributed by atoms with Crippen molar-refractivity contribution >= 4 is 12.0 Å². The molecule has 3 aromatic rings. The number of carboxylic acids is 1. The van der Waals surface area contributed by atoms with Crippen molar-refractivity contribution in [2.75, 3.05) is 0 Å². The summed E-state index contributed by atoms with van der Waals surface area (Å²) in [6.07, 6.45) is 10.2. The molecule has 1 aromatic heterocycles. The Hall–Kier alpha value is -3.34. The van der Waals surface area contributed by atoms with Crippen molar-refractivity contribution in [3.05, 3.63) is 88.1 Å². The van der Waals surface area contributed by atoms with Crippen molar-refractivity contribution in [3.8, 4) is 11.1 Å². The van der Waals surface area contributed by atoms with Gasteiger partial charge in [-0.3, -0.25) is 9.13 Å². The van der Waals surface area contributed by atoms with E-state index in [-0.39, 0.29) is 11.3 Å². The molecule has 3 rings (SSSR count). The molecule has 0 radical (unpaired) electrons. The molecule has 0 amide bonds. The van der Waals surface area contributed by atoms with Gasteiger partial charge in [-0.05, 0) is 41.7 Å². The first-order valence-electron chi connectivity index (χ1n) is 10.9. The number of aromatic carboxylic acids is 1. The zero-order valence-corrected chi connectivity index (χ0v) is 18.3. The van der Waals surface area contributed by atoms with E-state index in [4.69, 9.17) is 0 Å². The first kappa shape index (κ1) is 22.3. The third-order valence-electron chi connectivity index (χ3n) is 5.37. The standard InChI is InChI=1S/C26H30N2O3/c1-3-5-9-17-27-19-22(10-6-4-2)28(26(27)31)18-20-13-15-21(16-14-20)23-11-7-8-12-24(23)25(29)30/h6-8,10-16,19H,3-5,9,17-18H2,1-2H3,(H,29,30)/b10-6+. The van der Waals surface area contributed by atoms with Crippen molar-refractivity contribution in [2.45, 2.75) is 52.6 Å². The highest BCUT2D eigenvalue weighted by molar-refractivity contribution is 5.95. The van der Waals surface area contributed by atoms with Crippen LogP contribution in [0, 0.1) is 0 Å². The molecule has 0 saturated heterocycles. The van der Waals surface area contributed by atoms with Crippen LogP contribution in [0.5, 0.6) is 0 Å². The van der Waals surface area contributed by atoms with E-state index >= 15 is 0 Å². The second kappa shape index (κ2) is 10.6. The Labute approximate surface area is 183 Å². The second-order valence-corrected chi connectivity index (χ2v) is 7.68. The molecule has 162 valence electrons. The Morgan fingerprint density at radius 3 is 2.45 bits per heavy atom. The molecule has 31 heavy (non-hydrogen) atoms. The minimum Gasteiger partial charge on any atom is -0.478 e. The van der Waals surface area contributed by atoms with Crippen LogP contribution in [0.1, 0.15) is 61.1 Å². The lowest BCUT2D eigenvalue weighted by molar-refractivity contribution is 0.0697. The van der Waals surface area contributed by atoms with Gasteiger partial charge in [0.2, 0.25) is 0 Å². The molecule has 0 spiro atoms. The van der Waals surface area contributed by atoms with Crippen molar-refractivity contribution < 1.29 is 9.90 Å². The van der Waals surface area contributed by atoms with Crippen LogP contribution < -0.4 is 5.69 Å². The summed E-state index contributed by atoms with van der Waals surface area (Å²) in [5, 5.41) is 9.44. The monoisotopic (exact) mass is 418 g/mol. The molecular formula is C26H30N2O3. The van der Waals surface area contributed by atoms with E-state index in [9.17, 15) is 14.7 Å². The van der Waals surface area contributed by atoms with E-state index in [0.29, 0.717) is 12.1 Å². The zero-order chi connectivity index (χ0) is 22.2. The maximum atomic E-state index is 13.0. The largest absolute Gasteiger partial charge is 0.478 e. The molecule has 0 atom stereocenters. The Morgan fingerprint density at radius 2 is 1.77 bits per heavy atom. The summed E-state index contributed by atoms with van der Waals surface area (Å²) in [7, 11) is 0. The number of carbonyl (C=O) groups is 1. The van der Waals surface area contributed by atoms with E-state index in [1.54, 1.807) is 16.7 Å². The Kier molecular flexibility index (Phi) is 7.65. The highest BCUT2D eigenvalue weighted by atomic mass is 16.4. The van der Waals surface area contributed by atoms with Crippen molar-refractivity contribution in [2.24, 2.45) is 0 Å². The van der Waals surface area contributed by atoms with E-state index in [0.717, 1.165) is 49.0 Å². The molecule has 1 heterocycles. The van der Waals surface area contributed by atoms with Crippen LogP contribution in [0.3, 0.4) is 0 Å². The number of rotatable bonds is 10. The molecule has 5 heteroatoms. The molecule has 0 aliphatic rings. The van der Waals surface area contributed by atoms with E-state index in [1.165, 1.54) is 0 Å². The lowest BCUT2D eigenvalue weighted by atomic mass is 9.99. The fourth-order valence-electron chi connectivity index (χ4n) is 3.67. The van der Waals surface area contributed by atoms with E-state index in [2.05, 4.69) is 19.9 Å². The molecule has 0 fully saturated rings. The molecule has 2 aromatic carbocycles. The number of benzene rings is 2. The van der Waals surface area contributed by atoms with Gasteiger partial charge in [-0.2, -0.15) is 0 Å². The molecule has 5 nitrogen and oxygen atoms in total. The van der Waals surface area contributed by atoms with Gasteiger partial charge < -0.3 is 5.11 Å². The fourth-order valence-corrected chi connectivity index (χ4v) is 3.67. The first-order chi connectivity index (χ1) is 15.0. The summed E-state index contributed by atoms with van der Waals surface area (Å²) in [5.41, 5.74) is 3.72. The first-order valence-corrected chi connectivity index (χ1v) is 10.9. The number of allylic oxidation sites excluding steroid dienone is 1. The van der Waals surface area contributed by atoms with Gasteiger partial charge in [0.15, 0.2) is 0 Å². The van der Waals surface area contributed by atoms with Crippen LogP contribution in [0.2, 0.25) is 0 Å². The summed E-state index contributed by atoms with van der Waals surface area (Å²) >= 11 is 0. The second-order valence-electron chi connectivity index (χ2n) is 7.68. The van der Waals surface area contributed by atoms with Crippen LogP contribution >= 0.6 is 0 Å². The number of hydrogen-bond donors (Lipinski definition) is 1. The predicted octanol–water partition coefficient (Wildman–Crippen LogP) is 5.68. The fraction of sp³-hybridized carbons (Fsp3) is 0.308. The van der Waals surface area contributed by atoms with Gasteiger partial charge in [-0.25, -0.2) is 9.59 Å². The minimum atomic E-state index is -0.942. The number of imidazole rings is 1. The van der Waals surface area contributed by atoms with Crippen molar-refractivity contribution in [1.29, 1.82) is 0 Å². The number of aryl methyl sites for hydroxylation is 1. The Bertz CT molecular complexity index is 1100. The lowest BCUT2D eigenvalue weighted by Gasteiger charge is -2.09. The summed E-state index contributed by atoms with van der Waals surface area (Å²) in [4.78, 5) is 24.5. The minimum absolute atomic E-state index is 0.00663. The maximum Gasteiger partial charge on any atom is 0.336 e. The van der Waals surface area contributed by atoms with Crippen molar-refractivity contribution in [3.63, 3.8) is 0 Å². The quantitative estimate of drug-likeness (QED) is 0.431. The summed E-state index contributed by atoms with van der Waals surface area (Å²) in [6.45, 7) is 5.44. The molecular weight excluding hydrogens is 388 g/mol. The highest BCUT2D eigenvalue weighted by Gasteiger charge is 2.12. The zero-order valence-electron chi connectivity index (χ0n) is 18.3. The predicted molar refractivity (Wildman–Crippen MR) is 125 cm³/mol. The van der Waals surface area contributed by atoms with Gasteiger partial charge in [-0.1, -0.05) is 75.2 Å². The molecule has 1 N–H and O–H groups in total. The highest BCUT2D eigenvalue weighted by Crippen LogP contribution is 2.24. The third-order valence-corrected chi connectivity index (χ3v) is 5.37. The number of unbranched alkanes of at least 4 members (excludes halogenated alkanes) is 2. The number of nitrogens with zero attached hydrogens (tertiary/aromatic N) is 2. The van der Waals surface area contributed by atoms with Gasteiger partial charge >= 0.3 is 11.7 Å². The summed E-state index contributed by atoms with van der Waals surface area (Å²) in [6, 6.07) is 14.7. The number of aromatic nitrogens is 2. The van der Waals surface area contributed by atoms with Gasteiger partial charge in [0.05, 0.1) is 17.8 Å². The molecule has 0 aliphatic carbocycles. The molecule has 0 aliphatic heterocycles. The van der Waals surface area contributed by atoms with Crippen LogP contribution in [0.25, 0.3) is 17.2 Å². The Balaban J connectivity index is 1.88. The van der Waals surface area contributed by atoms with Crippen LogP contribution in [0.4, 0.5) is 0 Å². The van der Waals surface area contributed by atoms with Gasteiger partial charge in [0.25, 0.3) is 0 Å². The van der Waals surface area contributed by atoms with Gasteiger partial charge in [0, 0.05) is 12.7 Å². The normalized spacial score (nSPS) is 11.3. The lowest BCUT2D eigenvalue weighted by Crippen LogP contribution is -2.25. The smallest absolute Gasteiger partial charge is 0.336 e. The van der Waals surface area contributed by atoms with Crippen molar-refractivity contribution in [1.82, 2.24) is 9.13 Å². The average molecular weight is 419 g/mol. The van der Waals surface area contributed by atoms with Gasteiger partial charge in [0.1, 0.15) is 0 Å². The average Bonchev–Trinajstić information content (AvgIpc) is 3.07. The maximum absolute atomic E-state index is 13.0. The van der Waals surface area contributed by atoms with Gasteiger partial charge in [-0.15, -0.1) is 0 Å².